The highest BCUT2D eigenvalue weighted by molar-refractivity contribution is 9.09. The lowest BCUT2D eigenvalue weighted by molar-refractivity contribution is -0.139. The molecule has 1 saturated heterocycles. The van der Waals surface area contributed by atoms with Gasteiger partial charge in [0.25, 0.3) is 0 Å². The first kappa shape index (κ1) is 27.1. The van der Waals surface area contributed by atoms with E-state index in [9.17, 15) is 14.7 Å². The third-order valence-electron chi connectivity index (χ3n) is 6.84. The number of hydrogen-bond acceptors (Lipinski definition) is 9. The smallest absolute Gasteiger partial charge is 0.340 e. The SMILES string of the molecule is COC(=O)C1=C/C(CCCO)=C\C(c2cccs2)N(CC2CC3OCOC3CC2Br)/C=C\1C(=O)OC. The van der Waals surface area contributed by atoms with E-state index in [1.54, 1.807) is 23.6 Å². The second-order valence-corrected chi connectivity index (χ2v) is 11.2. The van der Waals surface area contributed by atoms with E-state index >= 15 is 0 Å². The molecule has 0 radical (unpaired) electrons. The molecule has 1 aromatic heterocycles. The molecule has 5 atom stereocenters. The van der Waals surface area contributed by atoms with Gasteiger partial charge >= 0.3 is 11.9 Å². The minimum absolute atomic E-state index is 0.0176. The van der Waals surface area contributed by atoms with E-state index in [1.807, 2.05) is 11.4 Å². The van der Waals surface area contributed by atoms with E-state index in [0.29, 0.717) is 26.2 Å². The van der Waals surface area contributed by atoms with Crippen LogP contribution >= 0.6 is 27.3 Å². The van der Waals surface area contributed by atoms with Crippen molar-refractivity contribution in [2.24, 2.45) is 5.92 Å². The van der Waals surface area contributed by atoms with E-state index < -0.39 is 11.9 Å². The molecule has 0 bridgehead atoms. The van der Waals surface area contributed by atoms with Crippen molar-refractivity contribution in [3.8, 4) is 0 Å². The third-order valence-corrected chi connectivity index (χ3v) is 8.91. The van der Waals surface area contributed by atoms with Crippen LogP contribution in [0, 0.1) is 5.92 Å². The van der Waals surface area contributed by atoms with Gasteiger partial charge in [0.2, 0.25) is 0 Å². The van der Waals surface area contributed by atoms with Gasteiger partial charge in [0, 0.05) is 29.1 Å². The summed E-state index contributed by atoms with van der Waals surface area (Å²) in [7, 11) is 2.59. The van der Waals surface area contributed by atoms with Crippen LogP contribution in [0.4, 0.5) is 0 Å². The minimum Gasteiger partial charge on any atom is -0.465 e. The molecule has 0 spiro atoms. The predicted molar refractivity (Wildman–Crippen MR) is 138 cm³/mol. The number of nitrogens with zero attached hydrogens (tertiary/aromatic N) is 1. The highest BCUT2D eigenvalue weighted by Crippen LogP contribution is 2.40. The Bertz CT molecular complexity index is 1020. The molecular formula is C26H32BrNO7S. The number of halogens is 1. The van der Waals surface area contributed by atoms with Gasteiger partial charge in [-0.15, -0.1) is 11.3 Å². The van der Waals surface area contributed by atoms with Gasteiger partial charge in [-0.05, 0) is 54.7 Å². The fourth-order valence-electron chi connectivity index (χ4n) is 4.98. The maximum absolute atomic E-state index is 13.0. The highest BCUT2D eigenvalue weighted by atomic mass is 79.9. The number of esters is 2. The summed E-state index contributed by atoms with van der Waals surface area (Å²) in [6.45, 7) is 0.952. The molecule has 2 aliphatic heterocycles. The number of thiophene rings is 1. The quantitative estimate of drug-likeness (QED) is 0.365. The lowest BCUT2D eigenvalue weighted by Crippen LogP contribution is -2.42. The first-order valence-electron chi connectivity index (χ1n) is 12.0. The number of ether oxygens (including phenoxy) is 4. The van der Waals surface area contributed by atoms with Gasteiger partial charge in [-0.1, -0.05) is 28.1 Å². The van der Waals surface area contributed by atoms with E-state index in [2.05, 4.69) is 33.0 Å². The van der Waals surface area contributed by atoms with Crippen molar-refractivity contribution < 1.29 is 33.6 Å². The van der Waals surface area contributed by atoms with Crippen molar-refractivity contribution >= 4 is 39.2 Å². The molecular weight excluding hydrogens is 550 g/mol. The summed E-state index contributed by atoms with van der Waals surface area (Å²) in [6.07, 6.45) is 8.38. The van der Waals surface area contributed by atoms with Crippen LogP contribution in [0.3, 0.4) is 0 Å². The zero-order valence-corrected chi connectivity index (χ0v) is 22.8. The summed E-state index contributed by atoms with van der Waals surface area (Å²) >= 11 is 5.50. The van der Waals surface area contributed by atoms with Gasteiger partial charge in [0.1, 0.15) is 6.79 Å². The van der Waals surface area contributed by atoms with Gasteiger partial charge in [0.05, 0.1) is 43.6 Å². The van der Waals surface area contributed by atoms with Crippen LogP contribution < -0.4 is 0 Å². The molecule has 36 heavy (non-hydrogen) atoms. The van der Waals surface area contributed by atoms with Crippen LogP contribution in [0.1, 0.15) is 36.6 Å². The van der Waals surface area contributed by atoms with Gasteiger partial charge in [-0.25, -0.2) is 9.59 Å². The van der Waals surface area contributed by atoms with Gasteiger partial charge in [-0.3, -0.25) is 0 Å². The average Bonchev–Trinajstić information content (AvgIpc) is 3.56. The molecule has 1 N–H and O–H groups in total. The van der Waals surface area contributed by atoms with Crippen molar-refractivity contribution in [1.82, 2.24) is 4.90 Å². The topological polar surface area (TPSA) is 94.5 Å². The normalized spacial score (nSPS) is 32.6. The molecule has 196 valence electrons. The number of rotatable bonds is 8. The summed E-state index contributed by atoms with van der Waals surface area (Å²) in [5, 5.41) is 11.5. The second-order valence-electron chi connectivity index (χ2n) is 9.09. The van der Waals surface area contributed by atoms with Crippen molar-refractivity contribution in [3.63, 3.8) is 0 Å². The molecule has 0 aromatic carbocycles. The van der Waals surface area contributed by atoms with Crippen LogP contribution in [0.15, 0.2) is 52.6 Å². The average molecular weight is 583 g/mol. The lowest BCUT2D eigenvalue weighted by Gasteiger charge is -2.39. The first-order valence-corrected chi connectivity index (χ1v) is 13.8. The van der Waals surface area contributed by atoms with Crippen LogP contribution in [-0.4, -0.2) is 73.1 Å². The van der Waals surface area contributed by atoms with Crippen LogP contribution in [0.25, 0.3) is 0 Å². The monoisotopic (exact) mass is 581 g/mol. The number of allylic oxidation sites excluding steroid dienone is 2. The Hall–Kier alpha value is -1.98. The largest absolute Gasteiger partial charge is 0.465 e. The van der Waals surface area contributed by atoms with Crippen molar-refractivity contribution in [2.75, 3.05) is 34.2 Å². The number of fused-ring (bicyclic) bond motifs is 1. The molecule has 3 aliphatic rings. The second kappa shape index (κ2) is 12.5. The lowest BCUT2D eigenvalue weighted by atomic mass is 9.84. The fourth-order valence-corrected chi connectivity index (χ4v) is 6.54. The zero-order valence-electron chi connectivity index (χ0n) is 20.4. The number of aliphatic hydroxyl groups is 1. The zero-order chi connectivity index (χ0) is 25.7. The molecule has 2 fully saturated rings. The molecule has 8 nitrogen and oxygen atoms in total. The summed E-state index contributed by atoms with van der Waals surface area (Å²) in [5.41, 5.74) is 1.12. The van der Waals surface area contributed by atoms with Gasteiger partial charge < -0.3 is 29.0 Å². The molecule has 4 rings (SSSR count). The summed E-state index contributed by atoms with van der Waals surface area (Å²) in [6, 6.07) is 3.89. The third kappa shape index (κ3) is 6.11. The van der Waals surface area contributed by atoms with Crippen molar-refractivity contribution in [2.45, 2.75) is 48.8 Å². The Balaban J connectivity index is 1.79. The molecule has 10 heteroatoms. The van der Waals surface area contributed by atoms with E-state index in [1.165, 1.54) is 14.2 Å². The molecule has 3 heterocycles. The Morgan fingerprint density at radius 2 is 1.89 bits per heavy atom. The number of hydrogen-bond donors (Lipinski definition) is 1. The van der Waals surface area contributed by atoms with Gasteiger partial charge in [0.15, 0.2) is 0 Å². The molecule has 1 saturated carbocycles. The molecule has 0 amide bonds. The maximum atomic E-state index is 13.0. The minimum atomic E-state index is -0.619. The number of aliphatic hydroxyl groups excluding tert-OH is 1. The number of methoxy groups -OCH3 is 2. The number of alkyl halides is 1. The van der Waals surface area contributed by atoms with Crippen molar-refractivity contribution in [1.29, 1.82) is 0 Å². The maximum Gasteiger partial charge on any atom is 0.340 e. The summed E-state index contributed by atoms with van der Waals surface area (Å²) in [4.78, 5) is 29.2. The van der Waals surface area contributed by atoms with Crippen molar-refractivity contribution in [3.05, 3.63) is 57.5 Å². The first-order chi connectivity index (χ1) is 17.4. The Morgan fingerprint density at radius 1 is 1.17 bits per heavy atom. The predicted octanol–water partition coefficient (Wildman–Crippen LogP) is 3.88. The number of carbonyl (C=O) groups is 2. The highest BCUT2D eigenvalue weighted by Gasteiger charge is 2.41. The van der Waals surface area contributed by atoms with Gasteiger partial charge in [-0.2, -0.15) is 0 Å². The van der Waals surface area contributed by atoms with Crippen LogP contribution in [0.2, 0.25) is 0 Å². The molecule has 1 aromatic rings. The van der Waals surface area contributed by atoms with Crippen LogP contribution in [-0.2, 0) is 28.5 Å². The molecule has 5 unspecified atom stereocenters. The number of carbonyl (C=O) groups excluding carboxylic acids is 2. The van der Waals surface area contributed by atoms with E-state index in [-0.39, 0.29) is 46.7 Å². The summed E-state index contributed by atoms with van der Waals surface area (Å²) in [5.74, 6) is -1.02. The van der Waals surface area contributed by atoms with Crippen LogP contribution in [0.5, 0.6) is 0 Å². The van der Waals surface area contributed by atoms with E-state index in [0.717, 1.165) is 23.3 Å². The fraction of sp³-hybridized carbons (Fsp3) is 0.538. The standard InChI is InChI=1S/C26H32BrNO7S/c1-32-25(30)18-9-16(5-3-7-29)10-21(24-6-4-8-36-24)28(14-19(18)26(31)33-2)13-17-11-22-23(12-20(17)27)35-15-34-22/h4,6,8-10,14,17,20-23,29H,3,5,7,11-13,15H2,1-2H3/b16-10-,18-9+,19-14+. The molecule has 1 aliphatic carbocycles. The van der Waals surface area contributed by atoms with E-state index in [4.69, 9.17) is 18.9 Å². The Kier molecular flexibility index (Phi) is 9.41. The summed E-state index contributed by atoms with van der Waals surface area (Å²) < 4.78 is 21.6. The Morgan fingerprint density at radius 3 is 2.56 bits per heavy atom. The Labute approximate surface area is 223 Å².